The van der Waals surface area contributed by atoms with Crippen LogP contribution >= 0.6 is 23.4 Å². The molecule has 0 aromatic heterocycles. The number of hydrogen-bond acceptors (Lipinski definition) is 2. The fourth-order valence-corrected chi connectivity index (χ4v) is 4.59. The zero-order chi connectivity index (χ0) is 15.1. The molecule has 1 nitrogen and oxygen atoms in total. The molecule has 0 bridgehead atoms. The Bertz CT molecular complexity index is 682. The lowest BCUT2D eigenvalue weighted by Gasteiger charge is -2.37. The molecule has 0 saturated carbocycles. The number of halogens is 1. The maximum atomic E-state index is 6.30. The lowest BCUT2D eigenvalue weighted by molar-refractivity contribution is 0.230. The Hall–Kier alpha value is -0.960. The minimum Gasteiger partial charge on any atom is -0.295 e. The van der Waals surface area contributed by atoms with Gasteiger partial charge >= 0.3 is 0 Å². The van der Waals surface area contributed by atoms with Crippen LogP contribution in [0.25, 0.3) is 0 Å². The van der Waals surface area contributed by atoms with E-state index in [1.807, 2.05) is 0 Å². The van der Waals surface area contributed by atoms with Gasteiger partial charge in [-0.3, -0.25) is 4.90 Å². The summed E-state index contributed by atoms with van der Waals surface area (Å²) in [4.78, 5) is 3.98. The highest BCUT2D eigenvalue weighted by Gasteiger charge is 2.36. The van der Waals surface area contributed by atoms with Crippen molar-refractivity contribution in [2.45, 2.75) is 29.7 Å². The van der Waals surface area contributed by atoms with Crippen LogP contribution in [0.15, 0.2) is 47.4 Å². The molecule has 4 rings (SSSR count). The maximum Gasteiger partial charge on any atom is 0.0409 e. The summed E-state index contributed by atoms with van der Waals surface area (Å²) < 4.78 is 0. The lowest BCUT2D eigenvalue weighted by Crippen LogP contribution is -2.34. The van der Waals surface area contributed by atoms with Crippen LogP contribution in [0.5, 0.6) is 0 Å². The molecule has 2 aliphatic rings. The van der Waals surface area contributed by atoms with Gasteiger partial charge in [0, 0.05) is 28.4 Å². The number of nitrogens with zero attached hydrogens (tertiary/aromatic N) is 1. The molecule has 2 unspecified atom stereocenters. The van der Waals surface area contributed by atoms with Crippen LogP contribution in [0.2, 0.25) is 5.02 Å². The SMILES string of the molecule is CSc1ccc(C2CN3CCCC3c3ccc(Cl)cc32)cc1. The molecule has 0 amide bonds. The van der Waals surface area contributed by atoms with E-state index in [9.17, 15) is 0 Å². The molecule has 2 aromatic rings. The Morgan fingerprint density at radius 1 is 1.09 bits per heavy atom. The van der Waals surface area contributed by atoms with Crippen molar-refractivity contribution < 1.29 is 0 Å². The smallest absolute Gasteiger partial charge is 0.0409 e. The molecule has 0 N–H and O–H groups in total. The van der Waals surface area contributed by atoms with Crippen LogP contribution in [-0.4, -0.2) is 24.2 Å². The standard InChI is InChI=1S/C19H20ClNS/c1-22-15-7-4-13(5-8-15)18-12-21-10-2-3-19(21)16-9-6-14(20)11-17(16)18/h4-9,11,18-19H,2-3,10,12H2,1H3. The summed E-state index contributed by atoms with van der Waals surface area (Å²) in [6.45, 7) is 2.35. The van der Waals surface area contributed by atoms with Crippen LogP contribution in [0.4, 0.5) is 0 Å². The second-order valence-corrected chi connectivity index (χ2v) is 7.57. The molecule has 0 aliphatic carbocycles. The predicted octanol–water partition coefficient (Wildman–Crippen LogP) is 5.34. The Morgan fingerprint density at radius 2 is 1.91 bits per heavy atom. The highest BCUT2D eigenvalue weighted by Crippen LogP contribution is 2.44. The van der Waals surface area contributed by atoms with Gasteiger partial charge in [-0.25, -0.2) is 0 Å². The van der Waals surface area contributed by atoms with Gasteiger partial charge in [0.25, 0.3) is 0 Å². The lowest BCUT2D eigenvalue weighted by atomic mass is 9.82. The molecule has 1 fully saturated rings. The van der Waals surface area contributed by atoms with Crippen molar-refractivity contribution in [3.8, 4) is 0 Å². The largest absolute Gasteiger partial charge is 0.295 e. The van der Waals surface area contributed by atoms with Gasteiger partial charge in [-0.15, -0.1) is 11.8 Å². The van der Waals surface area contributed by atoms with Crippen molar-refractivity contribution in [2.24, 2.45) is 0 Å². The van der Waals surface area contributed by atoms with Crippen LogP contribution < -0.4 is 0 Å². The van der Waals surface area contributed by atoms with Crippen LogP contribution in [-0.2, 0) is 0 Å². The first-order valence-electron chi connectivity index (χ1n) is 7.93. The molecular weight excluding hydrogens is 310 g/mol. The van der Waals surface area contributed by atoms with Gasteiger partial charge in [0.15, 0.2) is 0 Å². The second-order valence-electron chi connectivity index (χ2n) is 6.25. The Labute approximate surface area is 141 Å². The Balaban J connectivity index is 1.79. The average Bonchev–Trinajstić information content (AvgIpc) is 3.02. The summed E-state index contributed by atoms with van der Waals surface area (Å²) in [6.07, 6.45) is 4.72. The fourth-order valence-electron chi connectivity index (χ4n) is 4.00. The average molecular weight is 330 g/mol. The molecule has 2 heterocycles. The minimum atomic E-state index is 0.443. The summed E-state index contributed by atoms with van der Waals surface area (Å²) in [5, 5.41) is 0.857. The fraction of sp³-hybridized carbons (Fsp3) is 0.368. The zero-order valence-corrected chi connectivity index (χ0v) is 14.3. The van der Waals surface area contributed by atoms with E-state index in [0.717, 1.165) is 11.6 Å². The molecule has 114 valence electrons. The third kappa shape index (κ3) is 2.47. The summed E-state index contributed by atoms with van der Waals surface area (Å²) in [5.41, 5.74) is 4.34. The minimum absolute atomic E-state index is 0.443. The first-order valence-corrected chi connectivity index (χ1v) is 9.54. The highest BCUT2D eigenvalue weighted by atomic mass is 35.5. The van der Waals surface area contributed by atoms with Gasteiger partial charge in [0.05, 0.1) is 0 Å². The molecule has 0 spiro atoms. The van der Waals surface area contributed by atoms with Crippen LogP contribution in [0.3, 0.4) is 0 Å². The molecule has 2 aromatic carbocycles. The van der Waals surface area contributed by atoms with E-state index in [-0.39, 0.29) is 0 Å². The van der Waals surface area contributed by atoms with Crippen molar-refractivity contribution in [3.05, 3.63) is 64.2 Å². The molecular formula is C19H20ClNS. The molecule has 2 aliphatic heterocycles. The van der Waals surface area contributed by atoms with E-state index in [0.29, 0.717) is 12.0 Å². The summed E-state index contributed by atoms with van der Waals surface area (Å²) in [6, 6.07) is 16.2. The summed E-state index contributed by atoms with van der Waals surface area (Å²) in [5.74, 6) is 0.443. The highest BCUT2D eigenvalue weighted by molar-refractivity contribution is 7.98. The van der Waals surface area contributed by atoms with E-state index < -0.39 is 0 Å². The van der Waals surface area contributed by atoms with E-state index >= 15 is 0 Å². The summed E-state index contributed by atoms with van der Waals surface area (Å²) in [7, 11) is 0. The Morgan fingerprint density at radius 3 is 2.68 bits per heavy atom. The van der Waals surface area contributed by atoms with Crippen molar-refractivity contribution in [1.82, 2.24) is 4.90 Å². The van der Waals surface area contributed by atoms with Gasteiger partial charge in [0.1, 0.15) is 0 Å². The zero-order valence-electron chi connectivity index (χ0n) is 12.8. The monoisotopic (exact) mass is 329 g/mol. The van der Waals surface area contributed by atoms with Crippen LogP contribution in [0.1, 0.15) is 41.5 Å². The predicted molar refractivity (Wildman–Crippen MR) is 95.1 cm³/mol. The number of benzene rings is 2. The first kappa shape index (κ1) is 14.6. The van der Waals surface area contributed by atoms with Gasteiger partial charge in [0.2, 0.25) is 0 Å². The third-order valence-electron chi connectivity index (χ3n) is 5.08. The normalized spacial score (nSPS) is 24.1. The molecule has 2 atom stereocenters. The van der Waals surface area contributed by atoms with Gasteiger partial charge in [-0.05, 0) is 66.6 Å². The number of thioether (sulfide) groups is 1. The second kappa shape index (κ2) is 5.92. The third-order valence-corrected chi connectivity index (χ3v) is 6.06. The Kier molecular flexibility index (Phi) is 3.93. The van der Waals surface area contributed by atoms with E-state index in [1.54, 1.807) is 11.8 Å². The van der Waals surface area contributed by atoms with E-state index in [4.69, 9.17) is 11.6 Å². The maximum absolute atomic E-state index is 6.30. The van der Waals surface area contributed by atoms with E-state index in [2.05, 4.69) is 53.6 Å². The van der Waals surface area contributed by atoms with Crippen molar-refractivity contribution in [1.29, 1.82) is 0 Å². The molecule has 22 heavy (non-hydrogen) atoms. The quantitative estimate of drug-likeness (QED) is 0.684. The first-order chi connectivity index (χ1) is 10.8. The van der Waals surface area contributed by atoms with Gasteiger partial charge < -0.3 is 0 Å². The molecule has 3 heteroatoms. The van der Waals surface area contributed by atoms with Crippen LogP contribution in [0, 0.1) is 0 Å². The molecule has 0 radical (unpaired) electrons. The molecule has 1 saturated heterocycles. The number of rotatable bonds is 2. The van der Waals surface area contributed by atoms with Crippen molar-refractivity contribution in [3.63, 3.8) is 0 Å². The van der Waals surface area contributed by atoms with Gasteiger partial charge in [-0.2, -0.15) is 0 Å². The number of hydrogen-bond donors (Lipinski definition) is 0. The topological polar surface area (TPSA) is 3.24 Å². The van der Waals surface area contributed by atoms with Crippen molar-refractivity contribution in [2.75, 3.05) is 19.3 Å². The summed E-state index contributed by atoms with van der Waals surface area (Å²) >= 11 is 8.10. The van der Waals surface area contributed by atoms with Gasteiger partial charge in [-0.1, -0.05) is 29.8 Å². The number of fused-ring (bicyclic) bond motifs is 3. The van der Waals surface area contributed by atoms with Crippen molar-refractivity contribution >= 4 is 23.4 Å². The van der Waals surface area contributed by atoms with E-state index in [1.165, 1.54) is 41.0 Å².